The Balaban J connectivity index is 2.17. The van der Waals surface area contributed by atoms with E-state index in [4.69, 9.17) is 5.73 Å². The lowest BCUT2D eigenvalue weighted by Gasteiger charge is -2.11. The van der Waals surface area contributed by atoms with Gasteiger partial charge in [0, 0.05) is 6.20 Å². The Kier molecular flexibility index (Phi) is 4.21. The maximum atomic E-state index is 13.1. The summed E-state index contributed by atoms with van der Waals surface area (Å²) in [4.78, 5) is 7.30. The van der Waals surface area contributed by atoms with Crippen LogP contribution in [0.1, 0.15) is 34.9 Å². The number of rotatable bonds is 3. The molecule has 4 N–H and O–H groups in total. The average Bonchev–Trinajstić information content (AvgIpc) is 2.94. The first-order valence-corrected chi connectivity index (χ1v) is 7.54. The Bertz CT molecular complexity index is 781. The van der Waals surface area contributed by atoms with Gasteiger partial charge in [0.15, 0.2) is 6.21 Å². The molecule has 0 aliphatic heterocycles. The number of pyridine rings is 1. The fraction of sp³-hybridized carbons (Fsp3) is 0.222. The van der Waals surface area contributed by atoms with Gasteiger partial charge >= 0.3 is 0 Å². The maximum Gasteiger partial charge on any atom is 0.171 e. The van der Waals surface area contributed by atoms with Crippen molar-refractivity contribution in [3.63, 3.8) is 0 Å². The third kappa shape index (κ3) is 2.87. The summed E-state index contributed by atoms with van der Waals surface area (Å²) in [6, 6.07) is 7.99. The third-order valence-electron chi connectivity index (χ3n) is 4.10. The Hall–Kier alpha value is -2.53. The van der Waals surface area contributed by atoms with Crippen molar-refractivity contribution in [2.24, 2.45) is 5.73 Å². The molecule has 4 nitrogen and oxygen atoms in total. The van der Waals surface area contributed by atoms with Crippen LogP contribution in [0.2, 0.25) is 0 Å². The number of aliphatic hydroxyl groups is 1. The number of allylic oxidation sites excluding steroid dienone is 1. The predicted octanol–water partition coefficient (Wildman–Crippen LogP) is 0.809. The van der Waals surface area contributed by atoms with Crippen LogP contribution in [0.3, 0.4) is 0 Å². The van der Waals surface area contributed by atoms with Crippen LogP contribution in [0.15, 0.2) is 36.5 Å². The summed E-state index contributed by atoms with van der Waals surface area (Å²) >= 11 is 0. The Labute approximate surface area is 134 Å². The summed E-state index contributed by atoms with van der Waals surface area (Å²) in [6.07, 6.45) is 4.41. The van der Waals surface area contributed by atoms with Crippen molar-refractivity contribution in [3.05, 3.63) is 64.7 Å². The first-order valence-electron chi connectivity index (χ1n) is 7.54. The molecular formula is C18H19FN3O+. The number of nitrogens with one attached hydrogen (secondary N) is 1. The van der Waals surface area contributed by atoms with Crippen LogP contribution in [-0.4, -0.2) is 23.4 Å². The SMILES string of the molecule is C[NH+]=CC(=C(N)c1ccc(F)cc1)c1ccnc2c1CCC2O. The predicted molar refractivity (Wildman–Crippen MR) is 87.9 cm³/mol. The topological polar surface area (TPSA) is 73.1 Å². The molecule has 1 aromatic heterocycles. The summed E-state index contributed by atoms with van der Waals surface area (Å²) < 4.78 is 13.1. The monoisotopic (exact) mass is 312 g/mol. The molecule has 1 aliphatic carbocycles. The highest BCUT2D eigenvalue weighted by molar-refractivity contribution is 6.17. The van der Waals surface area contributed by atoms with Gasteiger partial charge in [0.05, 0.1) is 23.1 Å². The van der Waals surface area contributed by atoms with Crippen molar-refractivity contribution >= 4 is 17.5 Å². The number of benzene rings is 1. The molecule has 118 valence electrons. The van der Waals surface area contributed by atoms with Gasteiger partial charge in [0.1, 0.15) is 12.9 Å². The van der Waals surface area contributed by atoms with E-state index in [1.165, 1.54) is 12.1 Å². The first-order chi connectivity index (χ1) is 11.1. The minimum absolute atomic E-state index is 0.298. The van der Waals surface area contributed by atoms with Crippen molar-refractivity contribution in [2.45, 2.75) is 18.9 Å². The largest absolute Gasteiger partial charge is 0.398 e. The van der Waals surface area contributed by atoms with Crippen molar-refractivity contribution < 1.29 is 14.5 Å². The second kappa shape index (κ2) is 6.30. The second-order valence-corrected chi connectivity index (χ2v) is 5.54. The van der Waals surface area contributed by atoms with Crippen LogP contribution < -0.4 is 10.7 Å². The van der Waals surface area contributed by atoms with Crippen LogP contribution in [0.4, 0.5) is 4.39 Å². The standard InChI is InChI=1S/C18H18FN3O/c1-21-10-15(17(20)11-2-4-12(19)5-3-11)13-8-9-22-18-14(13)6-7-16(18)23/h2-5,8-10,16,23H,6-7,20H2,1H3/p+1. The van der Waals surface area contributed by atoms with Crippen molar-refractivity contribution in [1.82, 2.24) is 4.98 Å². The highest BCUT2D eigenvalue weighted by atomic mass is 19.1. The molecule has 0 amide bonds. The molecule has 0 fully saturated rings. The van der Waals surface area contributed by atoms with E-state index in [9.17, 15) is 9.50 Å². The van der Waals surface area contributed by atoms with E-state index in [1.54, 1.807) is 25.4 Å². The Morgan fingerprint density at radius 3 is 2.78 bits per heavy atom. The fourth-order valence-corrected chi connectivity index (χ4v) is 2.96. The van der Waals surface area contributed by atoms with Gasteiger partial charge in [0.25, 0.3) is 0 Å². The lowest BCUT2D eigenvalue weighted by molar-refractivity contribution is -0.412. The maximum absolute atomic E-state index is 13.1. The number of fused-ring (bicyclic) bond motifs is 1. The van der Waals surface area contributed by atoms with Gasteiger partial charge in [-0.15, -0.1) is 0 Å². The third-order valence-corrected chi connectivity index (χ3v) is 4.10. The highest BCUT2D eigenvalue weighted by Crippen LogP contribution is 2.35. The molecule has 1 aromatic carbocycles. The smallest absolute Gasteiger partial charge is 0.171 e. The molecule has 2 aromatic rings. The van der Waals surface area contributed by atoms with Gasteiger partial charge in [-0.3, -0.25) is 9.98 Å². The average molecular weight is 312 g/mol. The minimum atomic E-state index is -0.521. The highest BCUT2D eigenvalue weighted by Gasteiger charge is 2.26. The van der Waals surface area contributed by atoms with E-state index in [-0.39, 0.29) is 5.82 Å². The second-order valence-electron chi connectivity index (χ2n) is 5.54. The lowest BCUT2D eigenvalue weighted by Crippen LogP contribution is -2.63. The van der Waals surface area contributed by atoms with Crippen molar-refractivity contribution in [1.29, 1.82) is 0 Å². The lowest BCUT2D eigenvalue weighted by atomic mass is 9.96. The van der Waals surface area contributed by atoms with Gasteiger partial charge in [-0.1, -0.05) is 0 Å². The van der Waals surface area contributed by atoms with Gasteiger partial charge < -0.3 is 10.8 Å². The zero-order valence-electron chi connectivity index (χ0n) is 12.9. The van der Waals surface area contributed by atoms with E-state index in [0.717, 1.165) is 34.4 Å². The molecule has 1 heterocycles. The van der Waals surface area contributed by atoms with Crippen LogP contribution in [-0.2, 0) is 6.42 Å². The molecule has 0 spiro atoms. The molecule has 1 atom stereocenters. The number of aliphatic hydroxyl groups excluding tert-OH is 1. The van der Waals surface area contributed by atoms with Gasteiger partial charge in [0.2, 0.25) is 0 Å². The summed E-state index contributed by atoms with van der Waals surface area (Å²) in [6.45, 7) is 0. The Morgan fingerprint density at radius 1 is 1.35 bits per heavy atom. The molecular weight excluding hydrogens is 293 g/mol. The van der Waals surface area contributed by atoms with E-state index >= 15 is 0 Å². The van der Waals surface area contributed by atoms with E-state index in [2.05, 4.69) is 9.98 Å². The molecule has 1 unspecified atom stereocenters. The molecule has 5 heteroatoms. The van der Waals surface area contributed by atoms with Crippen LogP contribution in [0, 0.1) is 5.82 Å². The fourth-order valence-electron chi connectivity index (χ4n) is 2.96. The molecule has 0 saturated heterocycles. The van der Waals surface area contributed by atoms with Crippen LogP contribution in [0.5, 0.6) is 0 Å². The Morgan fingerprint density at radius 2 is 2.09 bits per heavy atom. The summed E-state index contributed by atoms with van der Waals surface area (Å²) in [5, 5.41) is 10.0. The minimum Gasteiger partial charge on any atom is -0.398 e. The molecule has 0 saturated carbocycles. The van der Waals surface area contributed by atoms with Crippen molar-refractivity contribution in [3.8, 4) is 0 Å². The zero-order valence-corrected chi connectivity index (χ0v) is 12.9. The number of hydrogen-bond donors (Lipinski definition) is 3. The van der Waals surface area contributed by atoms with Gasteiger partial charge in [-0.25, -0.2) is 4.39 Å². The van der Waals surface area contributed by atoms with Crippen LogP contribution in [0.25, 0.3) is 11.3 Å². The first kappa shape index (κ1) is 15.4. The number of hydrogen-bond acceptors (Lipinski definition) is 3. The number of halogens is 1. The molecule has 23 heavy (non-hydrogen) atoms. The summed E-state index contributed by atoms with van der Waals surface area (Å²) in [5.74, 6) is -0.298. The van der Waals surface area contributed by atoms with E-state index in [1.807, 2.05) is 12.3 Å². The molecule has 0 radical (unpaired) electrons. The molecule has 1 aliphatic rings. The van der Waals surface area contributed by atoms with Gasteiger partial charge in [-0.2, -0.15) is 0 Å². The normalized spacial score (nSPS) is 18.1. The number of nitrogens with two attached hydrogens (primary N) is 1. The zero-order chi connectivity index (χ0) is 16.4. The quantitative estimate of drug-likeness (QED) is 0.734. The summed E-state index contributed by atoms with van der Waals surface area (Å²) in [7, 11) is 1.80. The molecule has 0 bridgehead atoms. The summed E-state index contributed by atoms with van der Waals surface area (Å²) in [5.41, 5.74) is 11.1. The van der Waals surface area contributed by atoms with Crippen molar-refractivity contribution in [2.75, 3.05) is 7.05 Å². The molecule has 3 rings (SSSR count). The van der Waals surface area contributed by atoms with Gasteiger partial charge in [-0.05, 0) is 59.9 Å². The van der Waals surface area contributed by atoms with E-state index < -0.39 is 6.10 Å². The number of aromatic nitrogens is 1. The van der Waals surface area contributed by atoms with Crippen LogP contribution >= 0.6 is 0 Å². The number of nitrogens with zero attached hydrogens (tertiary/aromatic N) is 1. The van der Waals surface area contributed by atoms with E-state index in [0.29, 0.717) is 12.1 Å².